The number of nitrogens with one attached hydrogen (secondary N) is 3. The maximum atomic E-state index is 14.6. The highest BCUT2D eigenvalue weighted by molar-refractivity contribution is 6.24. The molecule has 2 aromatic rings. The average molecular weight is 914 g/mol. The smallest absolute Gasteiger partial charge is 0.264 e. The molecule has 6 aliphatic rings. The van der Waals surface area contributed by atoms with Gasteiger partial charge in [-0.1, -0.05) is 12.1 Å². The first kappa shape index (κ1) is 47.4. The number of alkyl halides is 2. The standard InChI is InChI=1S/C49H66F2N10O5/c1-30(62)59-22-16-40(39(29-59)46(53)60-17-4-6-33-25-37(34(27-52)28-54-2)38(45(50)51)26-42(33)60)55-35-14-20-58(21-15-35)24-23-57-18-12-31(13-19-57)8-9-32-5-3-7-36-44(32)49(66)61(48(36)65)41-10-11-43(63)56-47(41)64/h3,5,7,25-28,31,35,39-41,45-46,55H,4,6,8-24,29,52-53H2,1-2H3,(H,56,63,64)/p+1/b34-27+,54-28?. The first-order chi connectivity index (χ1) is 31.8. The number of amides is 5. The van der Waals surface area contributed by atoms with Crippen LogP contribution in [0.2, 0.25) is 0 Å². The number of hydrogen-bond acceptors (Lipinski definition) is 11. The molecule has 2 aromatic carbocycles. The van der Waals surface area contributed by atoms with Crippen molar-refractivity contribution >= 4 is 47.0 Å². The first-order valence-corrected chi connectivity index (χ1v) is 24.0. The molecular weight excluding hydrogens is 847 g/mol. The monoisotopic (exact) mass is 914 g/mol. The molecule has 0 aromatic heterocycles. The zero-order valence-corrected chi connectivity index (χ0v) is 38.4. The average Bonchev–Trinajstić information content (AvgIpc) is 3.57. The predicted octanol–water partition coefficient (Wildman–Crippen LogP) is 1.78. The van der Waals surface area contributed by atoms with E-state index in [2.05, 4.69) is 30.3 Å². The quantitative estimate of drug-likeness (QED) is 0.137. The van der Waals surface area contributed by atoms with E-state index in [0.717, 1.165) is 112 Å². The first-order valence-electron chi connectivity index (χ1n) is 24.0. The Hall–Kier alpha value is -5.10. The number of likely N-dealkylation sites (tertiary alicyclic amines) is 3. The fourth-order valence-electron chi connectivity index (χ4n) is 11.4. The molecule has 0 radical (unpaired) electrons. The van der Waals surface area contributed by atoms with Crippen molar-refractivity contribution in [1.82, 2.24) is 30.2 Å². The van der Waals surface area contributed by atoms with Crippen molar-refractivity contribution in [2.24, 2.45) is 23.3 Å². The van der Waals surface area contributed by atoms with Gasteiger partial charge in [-0.3, -0.25) is 39.2 Å². The van der Waals surface area contributed by atoms with Gasteiger partial charge in [0, 0.05) is 81.5 Å². The Bertz CT molecular complexity index is 2220. The molecule has 4 saturated heterocycles. The van der Waals surface area contributed by atoms with Crippen LogP contribution in [0.4, 0.5) is 14.5 Å². The summed E-state index contributed by atoms with van der Waals surface area (Å²) < 4.78 is 29.2. The van der Waals surface area contributed by atoms with E-state index in [9.17, 15) is 32.8 Å². The third-order valence-corrected chi connectivity index (χ3v) is 15.2. The van der Waals surface area contributed by atoms with Gasteiger partial charge in [-0.05, 0) is 131 Å². The number of nitrogens with zero attached hydrogens (tertiary/aromatic N) is 5. The summed E-state index contributed by atoms with van der Waals surface area (Å²) in [6.45, 7) is 9.42. The molecule has 356 valence electrons. The number of nitrogens with two attached hydrogens (primary N) is 2. The Morgan fingerprint density at radius 1 is 0.939 bits per heavy atom. The van der Waals surface area contributed by atoms with Crippen LogP contribution in [-0.4, -0.2) is 146 Å². The fourth-order valence-corrected chi connectivity index (χ4v) is 11.4. The molecule has 66 heavy (non-hydrogen) atoms. The lowest BCUT2D eigenvalue weighted by Crippen LogP contribution is -2.63. The number of benzene rings is 2. The summed E-state index contributed by atoms with van der Waals surface area (Å²) in [5.41, 5.74) is 17.2. The van der Waals surface area contributed by atoms with E-state index in [1.54, 1.807) is 32.3 Å². The largest absolute Gasteiger partial charge is 0.404 e. The van der Waals surface area contributed by atoms with E-state index in [4.69, 9.17) is 11.5 Å². The minimum Gasteiger partial charge on any atom is -0.404 e. The van der Waals surface area contributed by atoms with E-state index in [1.807, 2.05) is 23.1 Å². The summed E-state index contributed by atoms with van der Waals surface area (Å²) in [4.78, 5) is 76.8. The maximum absolute atomic E-state index is 14.6. The molecule has 4 fully saturated rings. The molecule has 17 heteroatoms. The Morgan fingerprint density at radius 3 is 2.33 bits per heavy atom. The van der Waals surface area contributed by atoms with Crippen LogP contribution in [0.15, 0.2) is 36.5 Å². The van der Waals surface area contributed by atoms with E-state index < -0.39 is 36.4 Å². The fraction of sp³-hybridized carbons (Fsp3) is 0.592. The van der Waals surface area contributed by atoms with Gasteiger partial charge in [-0.25, -0.2) is 8.78 Å². The molecule has 0 spiro atoms. The van der Waals surface area contributed by atoms with Crippen LogP contribution in [0.1, 0.15) is 114 Å². The molecule has 0 bridgehead atoms. The van der Waals surface area contributed by atoms with Crippen molar-refractivity contribution in [2.45, 2.75) is 108 Å². The number of rotatable bonds is 14. The number of carbonyl (C=O) groups excluding carboxylic acids is 5. The van der Waals surface area contributed by atoms with Gasteiger partial charge in [-0.15, -0.1) is 0 Å². The van der Waals surface area contributed by atoms with Crippen molar-refractivity contribution in [3.63, 3.8) is 0 Å². The molecule has 0 saturated carbocycles. The van der Waals surface area contributed by atoms with Crippen molar-refractivity contribution in [1.29, 1.82) is 0 Å². The Morgan fingerprint density at radius 2 is 1.67 bits per heavy atom. The number of halogens is 2. The number of aryl methyl sites for hydroxylation is 2. The SMILES string of the molecule is C[NH+]=C/C(=C\N)c1cc2c(cc1C(F)F)N(C(N)C1CN(C(C)=O)CCC1NC1CCN(CCN3CCC(CCc4cccc5c4C(=O)N(C4CCC(=O)NC4=O)C5=O)CC3)CC1)CCC2. The summed E-state index contributed by atoms with van der Waals surface area (Å²) in [6.07, 6.45) is 8.14. The molecule has 8 rings (SSSR count). The van der Waals surface area contributed by atoms with Crippen LogP contribution in [-0.2, 0) is 27.2 Å². The maximum Gasteiger partial charge on any atom is 0.264 e. The minimum absolute atomic E-state index is 0.0156. The summed E-state index contributed by atoms with van der Waals surface area (Å²) >= 11 is 0. The number of imide groups is 2. The van der Waals surface area contributed by atoms with Crippen molar-refractivity contribution in [2.75, 3.05) is 70.9 Å². The van der Waals surface area contributed by atoms with Gasteiger partial charge in [0.15, 0.2) is 6.21 Å². The number of hydrogen-bond donors (Lipinski definition) is 5. The number of anilines is 1. The van der Waals surface area contributed by atoms with Gasteiger partial charge >= 0.3 is 0 Å². The molecule has 4 unspecified atom stereocenters. The lowest BCUT2D eigenvalue weighted by molar-refractivity contribution is -0.412. The second-order valence-corrected chi connectivity index (χ2v) is 19.1. The Balaban J connectivity index is 0.811. The number of carbonyl (C=O) groups is 5. The van der Waals surface area contributed by atoms with E-state index in [-0.39, 0.29) is 42.2 Å². The van der Waals surface area contributed by atoms with E-state index >= 15 is 0 Å². The molecule has 6 aliphatic heterocycles. The van der Waals surface area contributed by atoms with Crippen molar-refractivity contribution in [3.8, 4) is 0 Å². The summed E-state index contributed by atoms with van der Waals surface area (Å²) in [6, 6.07) is 8.23. The normalized spacial score (nSPS) is 24.7. The van der Waals surface area contributed by atoms with Gasteiger partial charge in [0.1, 0.15) is 13.1 Å². The number of fused-ring (bicyclic) bond motifs is 2. The van der Waals surface area contributed by atoms with Crippen LogP contribution >= 0.6 is 0 Å². The number of piperidine rings is 4. The van der Waals surface area contributed by atoms with Crippen LogP contribution in [0.5, 0.6) is 0 Å². The topological polar surface area (TPSA) is 192 Å². The van der Waals surface area contributed by atoms with Crippen LogP contribution in [0.3, 0.4) is 0 Å². The van der Waals surface area contributed by atoms with Crippen LogP contribution in [0, 0.1) is 11.8 Å². The summed E-state index contributed by atoms with van der Waals surface area (Å²) in [7, 11) is 1.71. The molecule has 15 nitrogen and oxygen atoms in total. The van der Waals surface area contributed by atoms with Gasteiger partial charge < -0.3 is 36.4 Å². The highest BCUT2D eigenvalue weighted by atomic mass is 19.3. The minimum atomic E-state index is -2.70. The molecule has 4 atom stereocenters. The van der Waals surface area contributed by atoms with Crippen LogP contribution in [0.25, 0.3) is 5.57 Å². The van der Waals surface area contributed by atoms with Crippen molar-refractivity contribution < 1.29 is 37.7 Å². The Kier molecular flexibility index (Phi) is 15.0. The van der Waals surface area contributed by atoms with Gasteiger partial charge in [0.2, 0.25) is 17.7 Å². The van der Waals surface area contributed by atoms with E-state index in [0.29, 0.717) is 60.3 Å². The molecule has 7 N–H and O–H groups in total. The number of allylic oxidation sites excluding steroid dienone is 1. The second kappa shape index (κ2) is 20.8. The highest BCUT2D eigenvalue weighted by Gasteiger charge is 2.46. The Labute approximate surface area is 386 Å². The van der Waals surface area contributed by atoms with Gasteiger partial charge in [-0.2, -0.15) is 0 Å². The molecule has 5 amide bonds. The van der Waals surface area contributed by atoms with Crippen molar-refractivity contribution in [3.05, 3.63) is 69.9 Å². The molecular formula is C49H67F2N10O5+. The third-order valence-electron chi connectivity index (χ3n) is 15.2. The second-order valence-electron chi connectivity index (χ2n) is 19.1. The predicted molar refractivity (Wildman–Crippen MR) is 248 cm³/mol. The molecule has 0 aliphatic carbocycles. The third kappa shape index (κ3) is 10.1. The van der Waals surface area contributed by atoms with Gasteiger partial charge in [0.05, 0.1) is 22.9 Å². The van der Waals surface area contributed by atoms with E-state index in [1.165, 1.54) is 6.20 Å². The zero-order valence-electron chi connectivity index (χ0n) is 38.4. The zero-order chi connectivity index (χ0) is 46.6. The lowest BCUT2D eigenvalue weighted by atomic mass is 9.85. The summed E-state index contributed by atoms with van der Waals surface area (Å²) in [5, 5.41) is 6.25. The lowest BCUT2D eigenvalue weighted by Gasteiger charge is -2.48. The highest BCUT2D eigenvalue weighted by Crippen LogP contribution is 2.39. The van der Waals surface area contributed by atoms with Crippen LogP contribution < -0.4 is 32.0 Å². The van der Waals surface area contributed by atoms with Gasteiger partial charge in [0.25, 0.3) is 18.2 Å². The molecule has 6 heterocycles. The summed E-state index contributed by atoms with van der Waals surface area (Å²) in [5.74, 6) is -1.47.